The van der Waals surface area contributed by atoms with E-state index in [1.54, 1.807) is 0 Å². The van der Waals surface area contributed by atoms with Crippen LogP contribution in [-0.4, -0.2) is 45.2 Å². The van der Waals surface area contributed by atoms with Crippen molar-refractivity contribution >= 4 is 22.1 Å². The molecule has 0 bridgehead atoms. The fourth-order valence-electron chi connectivity index (χ4n) is 0.971. The van der Waals surface area contributed by atoms with Gasteiger partial charge in [0.05, 0.1) is 19.6 Å². The Bertz CT molecular complexity index is 443. The highest BCUT2D eigenvalue weighted by atomic mass is 32.2. The summed E-state index contributed by atoms with van der Waals surface area (Å²) in [5, 5.41) is 0. The number of hydrogen-bond donors (Lipinski definition) is 0. The Morgan fingerprint density at radius 2 is 1.60 bits per heavy atom. The molecule has 0 aliphatic heterocycles. The highest BCUT2D eigenvalue weighted by Gasteiger charge is 2.50. The second kappa shape index (κ2) is 7.43. The molecule has 0 saturated carbocycles. The molecule has 0 aliphatic rings. The van der Waals surface area contributed by atoms with Gasteiger partial charge in [0.15, 0.2) is 6.10 Å². The molecule has 7 nitrogen and oxygen atoms in total. The maximum Gasteiger partial charge on any atom is 0.523 e. The molecule has 0 spiro atoms. The van der Waals surface area contributed by atoms with E-state index in [9.17, 15) is 31.2 Å². The van der Waals surface area contributed by atoms with Gasteiger partial charge in [-0.15, -0.1) is 0 Å². The number of esters is 2. The summed E-state index contributed by atoms with van der Waals surface area (Å²) in [6.07, 6.45) is -3.26. The Kier molecular flexibility index (Phi) is 6.92. The average Bonchev–Trinajstić information content (AvgIpc) is 2.26. The van der Waals surface area contributed by atoms with Crippen LogP contribution in [0, 0.1) is 0 Å². The Balaban J connectivity index is 5.05. The third-order valence-electron chi connectivity index (χ3n) is 1.73. The molecule has 0 rings (SSSR count). The molecule has 1 atom stereocenters. The number of alkyl halides is 3. The van der Waals surface area contributed by atoms with Crippen LogP contribution in [-0.2, 0) is 33.4 Å². The van der Waals surface area contributed by atoms with Gasteiger partial charge in [-0.25, -0.2) is 8.98 Å². The van der Waals surface area contributed by atoms with Gasteiger partial charge in [0.2, 0.25) is 0 Å². The largest absolute Gasteiger partial charge is 0.523 e. The molecule has 0 saturated heterocycles. The summed E-state index contributed by atoms with van der Waals surface area (Å²) in [4.78, 5) is 22.4. The van der Waals surface area contributed by atoms with Crippen LogP contribution in [0.2, 0.25) is 0 Å². The molecule has 0 fully saturated rings. The van der Waals surface area contributed by atoms with Crippen molar-refractivity contribution in [3.05, 3.63) is 0 Å². The van der Waals surface area contributed by atoms with Gasteiger partial charge in [-0.1, -0.05) is 0 Å². The van der Waals surface area contributed by atoms with E-state index in [0.717, 1.165) is 0 Å². The molecule has 0 unspecified atom stereocenters. The van der Waals surface area contributed by atoms with Crippen LogP contribution in [0.3, 0.4) is 0 Å². The van der Waals surface area contributed by atoms with Crippen molar-refractivity contribution in [3.8, 4) is 0 Å². The highest BCUT2D eigenvalue weighted by Crippen LogP contribution is 2.26. The van der Waals surface area contributed by atoms with Gasteiger partial charge in [-0.05, 0) is 13.8 Å². The lowest BCUT2D eigenvalue weighted by molar-refractivity contribution is -0.158. The average molecular weight is 322 g/mol. The maximum absolute atomic E-state index is 12.1. The number of carbonyl (C=O) groups excluding carboxylic acids is 2. The molecule has 0 heterocycles. The minimum absolute atomic E-state index is 0.0968. The zero-order valence-corrected chi connectivity index (χ0v) is 11.4. The minimum atomic E-state index is -6.03. The van der Waals surface area contributed by atoms with Crippen molar-refractivity contribution in [2.45, 2.75) is 31.9 Å². The molecule has 118 valence electrons. The molecular formula is C9H13F3O7S. The summed E-state index contributed by atoms with van der Waals surface area (Å²) in [5.41, 5.74) is -5.72. The third kappa shape index (κ3) is 5.74. The Morgan fingerprint density at radius 1 is 1.10 bits per heavy atom. The number of rotatable bonds is 7. The summed E-state index contributed by atoms with van der Waals surface area (Å²) in [5.74, 6) is -2.50. The van der Waals surface area contributed by atoms with Crippen LogP contribution in [0.5, 0.6) is 0 Å². The second-order valence-electron chi connectivity index (χ2n) is 3.25. The van der Waals surface area contributed by atoms with Crippen molar-refractivity contribution in [2.75, 3.05) is 13.2 Å². The van der Waals surface area contributed by atoms with Gasteiger partial charge in [0.1, 0.15) is 0 Å². The summed E-state index contributed by atoms with van der Waals surface area (Å²) in [7, 11) is -6.03. The molecule has 0 aromatic rings. The smallest absolute Gasteiger partial charge is 0.466 e. The molecule has 0 N–H and O–H groups in total. The zero-order valence-electron chi connectivity index (χ0n) is 10.6. The predicted octanol–water partition coefficient (Wildman–Crippen LogP) is 0.738. The molecule has 11 heteroatoms. The van der Waals surface area contributed by atoms with E-state index in [-0.39, 0.29) is 13.2 Å². The molecule has 20 heavy (non-hydrogen) atoms. The summed E-state index contributed by atoms with van der Waals surface area (Å²) >= 11 is 0. The van der Waals surface area contributed by atoms with Crippen molar-refractivity contribution in [2.24, 2.45) is 0 Å². The fourth-order valence-corrected chi connectivity index (χ4v) is 1.53. The van der Waals surface area contributed by atoms with E-state index in [2.05, 4.69) is 13.7 Å². The number of carbonyl (C=O) groups is 2. The summed E-state index contributed by atoms with van der Waals surface area (Å²) < 4.78 is 70.5. The predicted molar refractivity (Wildman–Crippen MR) is 57.7 cm³/mol. The Labute approximate surface area is 113 Å². The normalized spacial score (nSPS) is 13.7. The van der Waals surface area contributed by atoms with Crippen molar-refractivity contribution in [3.63, 3.8) is 0 Å². The van der Waals surface area contributed by atoms with E-state index in [0.29, 0.717) is 0 Å². The van der Waals surface area contributed by atoms with Gasteiger partial charge in [0.25, 0.3) is 0 Å². The Morgan fingerprint density at radius 3 is 2.00 bits per heavy atom. The molecule has 0 radical (unpaired) electrons. The summed E-state index contributed by atoms with van der Waals surface area (Å²) in [6.45, 7) is 2.44. The van der Waals surface area contributed by atoms with E-state index in [1.165, 1.54) is 13.8 Å². The van der Waals surface area contributed by atoms with Gasteiger partial charge in [-0.2, -0.15) is 21.6 Å². The van der Waals surface area contributed by atoms with Crippen LogP contribution in [0.15, 0.2) is 0 Å². The van der Waals surface area contributed by atoms with Crippen LogP contribution >= 0.6 is 0 Å². The number of halogens is 3. The van der Waals surface area contributed by atoms with Crippen molar-refractivity contribution in [1.82, 2.24) is 0 Å². The van der Waals surface area contributed by atoms with E-state index in [4.69, 9.17) is 0 Å². The van der Waals surface area contributed by atoms with Crippen LogP contribution < -0.4 is 0 Å². The third-order valence-corrected chi connectivity index (χ3v) is 2.79. The first-order chi connectivity index (χ1) is 9.05. The zero-order chi connectivity index (χ0) is 16.0. The molecular weight excluding hydrogens is 309 g/mol. The van der Waals surface area contributed by atoms with E-state index < -0.39 is 40.1 Å². The van der Waals surface area contributed by atoms with Crippen LogP contribution in [0.25, 0.3) is 0 Å². The van der Waals surface area contributed by atoms with Gasteiger partial charge >= 0.3 is 27.6 Å². The maximum atomic E-state index is 12.1. The van der Waals surface area contributed by atoms with Crippen molar-refractivity contribution < 1.29 is 44.8 Å². The highest BCUT2D eigenvalue weighted by molar-refractivity contribution is 7.87. The van der Waals surface area contributed by atoms with Crippen LogP contribution in [0.1, 0.15) is 20.3 Å². The second-order valence-corrected chi connectivity index (χ2v) is 4.81. The van der Waals surface area contributed by atoms with Gasteiger partial charge in [-0.3, -0.25) is 4.79 Å². The molecule has 0 aromatic carbocycles. The lowest BCUT2D eigenvalue weighted by Crippen LogP contribution is -2.36. The topological polar surface area (TPSA) is 96.0 Å². The lowest BCUT2D eigenvalue weighted by Gasteiger charge is -2.16. The lowest BCUT2D eigenvalue weighted by atomic mass is 10.2. The first-order valence-corrected chi connectivity index (χ1v) is 6.77. The molecule has 0 aliphatic carbocycles. The first-order valence-electron chi connectivity index (χ1n) is 5.37. The van der Waals surface area contributed by atoms with Gasteiger partial charge < -0.3 is 9.47 Å². The van der Waals surface area contributed by atoms with Crippen molar-refractivity contribution in [1.29, 1.82) is 0 Å². The Hall–Kier alpha value is -1.36. The SMILES string of the molecule is CCOC(=O)C[C@H](OS(=O)(=O)C(F)(F)F)C(=O)OCC. The quantitative estimate of drug-likeness (QED) is 0.387. The van der Waals surface area contributed by atoms with Crippen LogP contribution in [0.4, 0.5) is 13.2 Å². The first kappa shape index (κ1) is 18.6. The summed E-state index contributed by atoms with van der Waals surface area (Å²) in [6, 6.07) is 0. The molecule has 0 amide bonds. The van der Waals surface area contributed by atoms with Gasteiger partial charge in [0, 0.05) is 0 Å². The van der Waals surface area contributed by atoms with E-state index >= 15 is 0 Å². The number of ether oxygens (including phenoxy) is 2. The standard InChI is InChI=1S/C9H13F3O7S/c1-3-17-7(13)5-6(8(14)18-4-2)19-20(15,16)9(10,11)12/h6H,3-5H2,1-2H3/t6-/m0/s1. The number of hydrogen-bond acceptors (Lipinski definition) is 7. The molecule has 0 aromatic heterocycles. The monoisotopic (exact) mass is 322 g/mol. The minimum Gasteiger partial charge on any atom is -0.466 e. The fraction of sp³-hybridized carbons (Fsp3) is 0.778. The van der Waals surface area contributed by atoms with E-state index in [1.807, 2.05) is 0 Å².